The van der Waals surface area contributed by atoms with E-state index in [2.05, 4.69) is 0 Å². The van der Waals surface area contributed by atoms with E-state index in [-0.39, 0.29) is 36.6 Å². The Morgan fingerprint density at radius 2 is 1.00 bits per heavy atom. The first-order chi connectivity index (χ1) is 5.36. The third kappa shape index (κ3) is 0.471. The minimum atomic E-state index is -0.450. The molecule has 0 unspecified atom stereocenters. The van der Waals surface area contributed by atoms with Crippen molar-refractivity contribution in [1.82, 2.24) is 0 Å². The van der Waals surface area contributed by atoms with Crippen LogP contribution in [0.15, 0.2) is 0 Å². The van der Waals surface area contributed by atoms with Gasteiger partial charge in [-0.3, -0.25) is 0 Å². The highest BCUT2D eigenvalue weighted by Crippen LogP contribution is 2.53. The minimum Gasteiger partial charge on any atom is -0.387 e. The van der Waals surface area contributed by atoms with E-state index >= 15 is 0 Å². The van der Waals surface area contributed by atoms with Crippen LogP contribution in [0.5, 0.6) is 0 Å². The summed E-state index contributed by atoms with van der Waals surface area (Å²) in [5.41, 5.74) is 0. The largest absolute Gasteiger partial charge is 0.387 e. The summed E-state index contributed by atoms with van der Waals surface area (Å²) < 4.78 is 16.1. The summed E-state index contributed by atoms with van der Waals surface area (Å²) in [6.07, 6.45) is 0.147. The number of ether oxygens (including phenoxy) is 3. The van der Waals surface area contributed by atoms with Gasteiger partial charge in [0.15, 0.2) is 0 Å². The Morgan fingerprint density at radius 3 is 1.55 bits per heavy atom. The molecule has 7 atom stereocenters. The van der Waals surface area contributed by atoms with Crippen LogP contribution in [0.1, 0.15) is 0 Å². The predicted octanol–water partition coefficient (Wildman–Crippen LogP) is -1.34. The molecule has 4 heterocycles. The summed E-state index contributed by atoms with van der Waals surface area (Å²) in [7, 11) is 0. The fourth-order valence-electron chi connectivity index (χ4n) is 2.40. The topological polar surface area (TPSA) is 54.5 Å². The third-order valence-electron chi connectivity index (χ3n) is 3.08. The number of aliphatic hydroxyl groups is 1. The highest BCUT2D eigenvalue weighted by molar-refractivity contribution is 5.19. The number of fused-ring (bicyclic) bond motifs is 7. The molecule has 0 saturated carbocycles. The first kappa shape index (κ1) is 5.48. The maximum atomic E-state index is 9.57. The van der Waals surface area contributed by atoms with E-state index in [1.54, 1.807) is 0 Å². The molecule has 0 spiro atoms. The first-order valence-corrected chi connectivity index (χ1v) is 4.01. The molecule has 11 heavy (non-hydrogen) atoms. The Bertz CT molecular complexity index is 228. The van der Waals surface area contributed by atoms with E-state index in [9.17, 15) is 5.11 Å². The van der Waals surface area contributed by atoms with Gasteiger partial charge in [-0.15, -0.1) is 0 Å². The summed E-state index contributed by atoms with van der Waals surface area (Å²) >= 11 is 0. The molecular formula is C7H8O4. The van der Waals surface area contributed by atoms with Gasteiger partial charge in [0.2, 0.25) is 0 Å². The monoisotopic (exact) mass is 156 g/mol. The fraction of sp³-hybridized carbons (Fsp3) is 1.00. The second-order valence-electron chi connectivity index (χ2n) is 3.69. The Morgan fingerprint density at radius 1 is 0.636 bits per heavy atom. The van der Waals surface area contributed by atoms with Gasteiger partial charge >= 0.3 is 0 Å². The molecule has 4 heteroatoms. The second-order valence-corrected chi connectivity index (χ2v) is 3.69. The van der Waals surface area contributed by atoms with E-state index < -0.39 is 6.10 Å². The molecule has 2 bridgehead atoms. The van der Waals surface area contributed by atoms with Gasteiger partial charge in [0.25, 0.3) is 0 Å². The molecule has 0 aromatic carbocycles. The zero-order chi connectivity index (χ0) is 7.16. The Hall–Kier alpha value is -0.160. The highest BCUT2D eigenvalue weighted by atomic mass is 16.7. The van der Waals surface area contributed by atoms with Crippen molar-refractivity contribution in [3.8, 4) is 0 Å². The lowest BCUT2D eigenvalue weighted by molar-refractivity contribution is -0.105. The van der Waals surface area contributed by atoms with Gasteiger partial charge in [-0.05, 0) is 0 Å². The van der Waals surface area contributed by atoms with Crippen LogP contribution in [0.2, 0.25) is 0 Å². The lowest BCUT2D eigenvalue weighted by atomic mass is 10.1. The quantitative estimate of drug-likeness (QED) is 0.441. The average Bonchev–Trinajstić information content (AvgIpc) is 2.83. The predicted molar refractivity (Wildman–Crippen MR) is 32.0 cm³/mol. The van der Waals surface area contributed by atoms with Crippen molar-refractivity contribution >= 4 is 0 Å². The van der Waals surface area contributed by atoms with Gasteiger partial charge in [-0.2, -0.15) is 0 Å². The molecule has 0 aromatic heterocycles. The first-order valence-electron chi connectivity index (χ1n) is 4.01. The SMILES string of the molecule is O[C@H]1[C@H]2O[C@H]([C@H]3O[C@H]32)[C@@H]2O[C@H]12. The van der Waals surface area contributed by atoms with Crippen LogP contribution in [0.25, 0.3) is 0 Å². The Labute approximate surface area is 63.0 Å². The maximum absolute atomic E-state index is 9.57. The van der Waals surface area contributed by atoms with Crippen molar-refractivity contribution in [2.24, 2.45) is 0 Å². The van der Waals surface area contributed by atoms with E-state index in [0.717, 1.165) is 0 Å². The smallest absolute Gasteiger partial charge is 0.116 e. The molecule has 4 nitrogen and oxygen atoms in total. The van der Waals surface area contributed by atoms with Crippen LogP contribution in [0, 0.1) is 0 Å². The minimum absolute atomic E-state index is 0.0511. The van der Waals surface area contributed by atoms with Crippen molar-refractivity contribution in [3.63, 3.8) is 0 Å². The molecule has 60 valence electrons. The molecule has 4 aliphatic rings. The van der Waals surface area contributed by atoms with E-state index in [1.165, 1.54) is 0 Å². The van der Waals surface area contributed by atoms with Crippen LogP contribution in [-0.4, -0.2) is 47.8 Å². The zero-order valence-corrected chi connectivity index (χ0v) is 5.71. The van der Waals surface area contributed by atoms with Gasteiger partial charge in [0.1, 0.15) is 42.7 Å². The Kier molecular flexibility index (Phi) is 0.674. The average molecular weight is 156 g/mol. The lowest BCUT2D eigenvalue weighted by Gasteiger charge is -2.24. The van der Waals surface area contributed by atoms with Crippen LogP contribution in [0.3, 0.4) is 0 Å². The maximum Gasteiger partial charge on any atom is 0.116 e. The van der Waals surface area contributed by atoms with Crippen molar-refractivity contribution in [2.75, 3.05) is 0 Å². The molecule has 0 aromatic rings. The summed E-state index contributed by atoms with van der Waals surface area (Å²) in [4.78, 5) is 0. The number of aliphatic hydroxyl groups excluding tert-OH is 1. The van der Waals surface area contributed by atoms with E-state index in [4.69, 9.17) is 14.2 Å². The van der Waals surface area contributed by atoms with E-state index in [1.807, 2.05) is 0 Å². The van der Waals surface area contributed by atoms with Crippen molar-refractivity contribution < 1.29 is 19.3 Å². The van der Waals surface area contributed by atoms with Gasteiger partial charge < -0.3 is 19.3 Å². The summed E-state index contributed by atoms with van der Waals surface area (Å²) in [6, 6.07) is 0. The molecule has 0 radical (unpaired) electrons. The summed E-state index contributed by atoms with van der Waals surface area (Å²) in [5.74, 6) is 0. The molecule has 4 aliphatic heterocycles. The zero-order valence-electron chi connectivity index (χ0n) is 5.71. The van der Waals surface area contributed by atoms with Crippen LogP contribution in [0.4, 0.5) is 0 Å². The molecule has 4 rings (SSSR count). The van der Waals surface area contributed by atoms with Gasteiger partial charge in [-0.1, -0.05) is 0 Å². The van der Waals surface area contributed by atoms with Crippen LogP contribution in [-0.2, 0) is 14.2 Å². The van der Waals surface area contributed by atoms with Crippen LogP contribution >= 0.6 is 0 Å². The molecule has 1 N–H and O–H groups in total. The van der Waals surface area contributed by atoms with E-state index in [0.29, 0.717) is 0 Å². The fourth-order valence-corrected chi connectivity index (χ4v) is 2.40. The normalized spacial score (nSPS) is 75.5. The standard InChI is InChI=1S/C7H8O4/c8-1-2-4(9-2)6-7-5(11-7)3(1)10-6/h1-8H/t1-,2-,3-,4-,5+,6+,7+/m1/s1. The number of rotatable bonds is 0. The Balaban J connectivity index is 1.80. The number of epoxide rings is 2. The molecule has 4 saturated heterocycles. The number of hydrogen-bond donors (Lipinski definition) is 1. The van der Waals surface area contributed by atoms with Crippen molar-refractivity contribution in [1.29, 1.82) is 0 Å². The third-order valence-corrected chi connectivity index (χ3v) is 3.08. The molecule has 0 amide bonds. The van der Waals surface area contributed by atoms with Crippen LogP contribution < -0.4 is 0 Å². The molecule has 4 fully saturated rings. The summed E-state index contributed by atoms with van der Waals surface area (Å²) in [6.45, 7) is 0. The van der Waals surface area contributed by atoms with Crippen molar-refractivity contribution in [3.05, 3.63) is 0 Å². The van der Waals surface area contributed by atoms with Gasteiger partial charge in [-0.25, -0.2) is 0 Å². The summed E-state index contributed by atoms with van der Waals surface area (Å²) in [5, 5.41) is 9.57. The van der Waals surface area contributed by atoms with Gasteiger partial charge in [0, 0.05) is 0 Å². The highest BCUT2D eigenvalue weighted by Gasteiger charge is 2.73. The molecule has 0 aliphatic carbocycles. The van der Waals surface area contributed by atoms with Gasteiger partial charge in [0.05, 0.1) is 0 Å². The lowest BCUT2D eigenvalue weighted by Crippen LogP contribution is -2.43. The molecular weight excluding hydrogens is 148 g/mol. The van der Waals surface area contributed by atoms with Crippen molar-refractivity contribution in [2.45, 2.75) is 42.7 Å². The second kappa shape index (κ2) is 1.35. The number of hydrogen-bond acceptors (Lipinski definition) is 4.